The van der Waals surface area contributed by atoms with Gasteiger partial charge in [-0.3, -0.25) is 9.59 Å². The van der Waals surface area contributed by atoms with Crippen molar-refractivity contribution in [2.75, 3.05) is 13.2 Å². The fourth-order valence-electron chi connectivity index (χ4n) is 8.78. The standard InChI is InChI=1S/C61H113NO5/c1-3-5-7-9-11-13-15-17-18-19-23-26-30-33-37-41-45-49-53-59(64)58(57-63)62-60(65)54-50-46-42-38-34-31-27-24-21-20-22-25-28-32-36-40-44-48-52-56-67-61(66)55-51-47-43-39-35-29-16-14-12-10-8-6-4-2/h8,10,14,16,20-21,49,53,58-59,63-64H,3-7,9,11-13,15,17-19,22-48,50-52,54-57H2,1-2H3,(H,62,65)/b10-8-,16-14-,21-20-,53-49+. The van der Waals surface area contributed by atoms with Crippen LogP contribution in [0.3, 0.4) is 0 Å². The Morgan fingerprint density at radius 2 is 0.776 bits per heavy atom. The van der Waals surface area contributed by atoms with Gasteiger partial charge in [-0.25, -0.2) is 0 Å². The van der Waals surface area contributed by atoms with Crippen LogP contribution in [-0.4, -0.2) is 47.4 Å². The minimum absolute atomic E-state index is 0.0126. The van der Waals surface area contributed by atoms with E-state index in [0.29, 0.717) is 19.4 Å². The highest BCUT2D eigenvalue weighted by Gasteiger charge is 2.18. The Balaban J connectivity index is 3.49. The van der Waals surface area contributed by atoms with Crippen LogP contribution in [0.2, 0.25) is 0 Å². The summed E-state index contributed by atoms with van der Waals surface area (Å²) in [4.78, 5) is 24.5. The lowest BCUT2D eigenvalue weighted by Gasteiger charge is -2.20. The molecule has 6 nitrogen and oxygen atoms in total. The van der Waals surface area contributed by atoms with Gasteiger partial charge >= 0.3 is 5.97 Å². The van der Waals surface area contributed by atoms with Crippen molar-refractivity contribution in [3.63, 3.8) is 0 Å². The monoisotopic (exact) mass is 940 g/mol. The Morgan fingerprint density at radius 1 is 0.418 bits per heavy atom. The predicted octanol–water partition coefficient (Wildman–Crippen LogP) is 18.2. The van der Waals surface area contributed by atoms with Crippen LogP contribution in [0.1, 0.15) is 303 Å². The molecule has 0 aliphatic heterocycles. The molecule has 0 aliphatic rings. The summed E-state index contributed by atoms with van der Waals surface area (Å²) in [5, 5.41) is 23.1. The Kier molecular flexibility index (Phi) is 54.6. The molecule has 0 aromatic carbocycles. The van der Waals surface area contributed by atoms with E-state index in [1.54, 1.807) is 6.08 Å². The second-order valence-corrected chi connectivity index (χ2v) is 20.0. The van der Waals surface area contributed by atoms with Crippen molar-refractivity contribution >= 4 is 11.9 Å². The minimum atomic E-state index is -0.852. The van der Waals surface area contributed by atoms with Crippen LogP contribution >= 0.6 is 0 Å². The Morgan fingerprint density at radius 3 is 1.21 bits per heavy atom. The van der Waals surface area contributed by atoms with Gasteiger partial charge in [0, 0.05) is 12.8 Å². The zero-order valence-electron chi connectivity index (χ0n) is 44.6. The first kappa shape index (κ1) is 64.8. The van der Waals surface area contributed by atoms with E-state index in [1.807, 2.05) is 6.08 Å². The molecule has 67 heavy (non-hydrogen) atoms. The summed E-state index contributed by atoms with van der Waals surface area (Å²) >= 11 is 0. The average molecular weight is 941 g/mol. The molecule has 1 amide bonds. The number of aliphatic hydroxyl groups excluding tert-OH is 2. The first-order valence-corrected chi connectivity index (χ1v) is 29.4. The third kappa shape index (κ3) is 53.0. The highest BCUT2D eigenvalue weighted by molar-refractivity contribution is 5.76. The number of amides is 1. The van der Waals surface area contributed by atoms with Gasteiger partial charge in [0.25, 0.3) is 0 Å². The van der Waals surface area contributed by atoms with E-state index in [0.717, 1.165) is 64.2 Å². The lowest BCUT2D eigenvalue weighted by Crippen LogP contribution is -2.45. The van der Waals surface area contributed by atoms with Gasteiger partial charge in [0.1, 0.15) is 0 Å². The van der Waals surface area contributed by atoms with Crippen molar-refractivity contribution in [1.82, 2.24) is 5.32 Å². The Bertz CT molecular complexity index is 1130. The molecule has 2 atom stereocenters. The maximum absolute atomic E-state index is 12.5. The molecular formula is C61H113NO5. The van der Waals surface area contributed by atoms with Gasteiger partial charge in [-0.15, -0.1) is 0 Å². The second-order valence-electron chi connectivity index (χ2n) is 20.0. The van der Waals surface area contributed by atoms with E-state index in [-0.39, 0.29) is 18.5 Å². The van der Waals surface area contributed by atoms with Gasteiger partial charge in [0.15, 0.2) is 0 Å². The van der Waals surface area contributed by atoms with Gasteiger partial charge < -0.3 is 20.3 Å². The average Bonchev–Trinajstić information content (AvgIpc) is 3.33. The number of carbonyl (C=O) groups is 2. The third-order valence-electron chi connectivity index (χ3n) is 13.3. The van der Waals surface area contributed by atoms with Crippen LogP contribution in [0.5, 0.6) is 0 Å². The molecule has 0 radical (unpaired) electrons. The number of hydrogen-bond donors (Lipinski definition) is 3. The molecule has 3 N–H and O–H groups in total. The van der Waals surface area contributed by atoms with Gasteiger partial charge in [-0.2, -0.15) is 0 Å². The van der Waals surface area contributed by atoms with Crippen LogP contribution in [0.4, 0.5) is 0 Å². The van der Waals surface area contributed by atoms with Gasteiger partial charge in [0.2, 0.25) is 5.91 Å². The van der Waals surface area contributed by atoms with Crippen molar-refractivity contribution < 1.29 is 24.5 Å². The molecule has 6 heteroatoms. The van der Waals surface area contributed by atoms with E-state index in [9.17, 15) is 19.8 Å². The smallest absolute Gasteiger partial charge is 0.305 e. The minimum Gasteiger partial charge on any atom is -0.466 e. The summed E-state index contributed by atoms with van der Waals surface area (Å²) in [5.74, 6) is -0.0897. The fourth-order valence-corrected chi connectivity index (χ4v) is 8.78. The molecule has 0 aliphatic carbocycles. The van der Waals surface area contributed by atoms with Crippen molar-refractivity contribution in [2.24, 2.45) is 0 Å². The summed E-state index contributed by atoms with van der Waals surface area (Å²) < 4.78 is 5.46. The van der Waals surface area contributed by atoms with Crippen molar-refractivity contribution in [2.45, 2.75) is 315 Å². The maximum Gasteiger partial charge on any atom is 0.305 e. The molecule has 0 fully saturated rings. The van der Waals surface area contributed by atoms with Crippen molar-refractivity contribution in [3.8, 4) is 0 Å². The number of nitrogens with one attached hydrogen (secondary N) is 1. The van der Waals surface area contributed by atoms with E-state index in [4.69, 9.17) is 4.74 Å². The number of rotatable bonds is 54. The number of hydrogen-bond acceptors (Lipinski definition) is 5. The van der Waals surface area contributed by atoms with Gasteiger partial charge in [-0.1, -0.05) is 255 Å². The molecular weight excluding hydrogens is 827 g/mol. The number of allylic oxidation sites excluding steroid dienone is 7. The lowest BCUT2D eigenvalue weighted by atomic mass is 10.0. The first-order valence-electron chi connectivity index (χ1n) is 29.4. The topological polar surface area (TPSA) is 95.9 Å². The highest BCUT2D eigenvalue weighted by Crippen LogP contribution is 2.16. The van der Waals surface area contributed by atoms with E-state index in [1.165, 1.54) is 212 Å². The highest BCUT2D eigenvalue weighted by atomic mass is 16.5. The Hall–Kier alpha value is -2.18. The summed E-state index contributed by atoms with van der Waals surface area (Å²) in [6.45, 7) is 4.83. The number of ether oxygens (including phenoxy) is 1. The predicted molar refractivity (Wildman–Crippen MR) is 292 cm³/mol. The summed E-state index contributed by atoms with van der Waals surface area (Å²) in [6.07, 6.45) is 71.3. The van der Waals surface area contributed by atoms with Crippen LogP contribution in [0, 0.1) is 0 Å². The second kappa shape index (κ2) is 56.4. The van der Waals surface area contributed by atoms with Gasteiger partial charge in [0.05, 0.1) is 25.4 Å². The molecule has 0 spiro atoms. The van der Waals surface area contributed by atoms with E-state index >= 15 is 0 Å². The third-order valence-corrected chi connectivity index (χ3v) is 13.3. The zero-order chi connectivity index (χ0) is 48.6. The quantitative estimate of drug-likeness (QED) is 0.0321. The first-order chi connectivity index (χ1) is 33.0. The molecule has 0 rings (SSSR count). The largest absolute Gasteiger partial charge is 0.466 e. The van der Waals surface area contributed by atoms with Crippen LogP contribution in [-0.2, 0) is 14.3 Å². The normalized spacial score (nSPS) is 13.0. The molecule has 392 valence electrons. The van der Waals surface area contributed by atoms with E-state index < -0.39 is 12.1 Å². The van der Waals surface area contributed by atoms with Crippen molar-refractivity contribution in [1.29, 1.82) is 0 Å². The molecule has 2 unspecified atom stereocenters. The van der Waals surface area contributed by atoms with Crippen LogP contribution in [0.15, 0.2) is 48.6 Å². The van der Waals surface area contributed by atoms with Crippen LogP contribution < -0.4 is 5.32 Å². The molecule has 0 saturated heterocycles. The molecule has 0 aromatic heterocycles. The Labute approximate surface area is 416 Å². The number of esters is 1. The number of unbranched alkanes of at least 4 members (excludes halogenated alkanes) is 37. The summed E-state index contributed by atoms with van der Waals surface area (Å²) in [6, 6.07) is -0.636. The fraction of sp³-hybridized carbons (Fsp3) is 0.836. The summed E-state index contributed by atoms with van der Waals surface area (Å²) in [7, 11) is 0. The van der Waals surface area contributed by atoms with Crippen LogP contribution in [0.25, 0.3) is 0 Å². The summed E-state index contributed by atoms with van der Waals surface area (Å²) in [5.41, 5.74) is 0. The number of aliphatic hydroxyl groups is 2. The number of carbonyl (C=O) groups excluding carboxylic acids is 2. The molecule has 0 bridgehead atoms. The van der Waals surface area contributed by atoms with Gasteiger partial charge in [-0.05, 0) is 83.5 Å². The molecule has 0 heterocycles. The molecule has 0 saturated carbocycles. The maximum atomic E-state index is 12.5. The SMILES string of the molecule is CCC/C=C\C/C=C\CCCCCCCC(=O)OCCCCCCCCCC/C=C\CCCCCCCCCC(=O)NC(CO)C(O)/C=C/CCCCCCCCCCCCCCCCCC. The van der Waals surface area contributed by atoms with Crippen molar-refractivity contribution in [3.05, 3.63) is 48.6 Å². The van der Waals surface area contributed by atoms with E-state index in [2.05, 4.69) is 55.6 Å². The zero-order valence-corrected chi connectivity index (χ0v) is 44.6. The molecule has 0 aromatic rings. The lowest BCUT2D eigenvalue weighted by molar-refractivity contribution is -0.143.